The summed E-state index contributed by atoms with van der Waals surface area (Å²) >= 11 is 0. The van der Waals surface area contributed by atoms with Crippen molar-refractivity contribution in [1.82, 2.24) is 0 Å². The zero-order valence-electron chi connectivity index (χ0n) is 20.7. The Hall–Kier alpha value is -1.56. The van der Waals surface area contributed by atoms with Crippen molar-refractivity contribution in [3.63, 3.8) is 0 Å². The minimum atomic E-state index is 0. The van der Waals surface area contributed by atoms with Gasteiger partial charge in [0.1, 0.15) is 0 Å². The summed E-state index contributed by atoms with van der Waals surface area (Å²) < 4.78 is 0. The molecule has 0 N–H and O–H groups in total. The maximum Gasteiger partial charge on any atom is 2.00 e. The molecule has 4 rings (SSSR count). The average molecular weight is 524 g/mol. The first kappa shape index (κ1) is 31.4. The van der Waals surface area contributed by atoms with E-state index in [1.54, 1.807) is 0 Å². The second-order valence-electron chi connectivity index (χ2n) is 8.77. The molecule has 0 aliphatic rings. The Morgan fingerprint density at radius 3 is 1.85 bits per heavy atom. The molecule has 0 bridgehead atoms. The maximum atomic E-state index is 2.41. The Morgan fingerprint density at radius 2 is 1.36 bits per heavy atom. The molecule has 0 saturated carbocycles. The molecule has 0 fully saturated rings. The standard InChI is InChI=1S/C21H30.2C5H5.2Fe/c1-5-7-9-17-11-13-19(15-17)21(3,4)20-14-12-18(16-20)10-8-6-2;2*1-2-4-5-3-1;;/h11-16H,5-10H2,1-4H3;2*1-5H;;/q-2;2*-1;2*+2. The van der Waals surface area contributed by atoms with Gasteiger partial charge in [-0.1, -0.05) is 71.6 Å². The van der Waals surface area contributed by atoms with E-state index in [0.717, 1.165) is 0 Å². The quantitative estimate of drug-likeness (QED) is 0.160. The molecule has 0 heterocycles. The Bertz CT molecular complexity index is 780. The molecule has 180 valence electrons. The normalized spacial score (nSPS) is 10.1. The van der Waals surface area contributed by atoms with Gasteiger partial charge in [0.15, 0.2) is 0 Å². The fraction of sp³-hybridized carbons (Fsp3) is 0.355. The summed E-state index contributed by atoms with van der Waals surface area (Å²) in [7, 11) is 0. The first-order chi connectivity index (χ1) is 15.1. The van der Waals surface area contributed by atoms with Gasteiger partial charge in [-0.15, -0.1) is 0 Å². The van der Waals surface area contributed by atoms with Crippen LogP contribution in [-0.4, -0.2) is 0 Å². The SMILES string of the molecule is CCCCc1cc[c-](C(C)(C)c2c[cH-]c(CCCC)c2)c1.[Fe+2].[Fe+2].c1cc[cH-]c1.c1cc[cH-]c1. The van der Waals surface area contributed by atoms with E-state index in [-0.39, 0.29) is 39.6 Å². The third-order valence-corrected chi connectivity index (χ3v) is 5.83. The van der Waals surface area contributed by atoms with Gasteiger partial charge in [0.05, 0.1) is 0 Å². The zero-order valence-corrected chi connectivity index (χ0v) is 22.9. The van der Waals surface area contributed by atoms with Gasteiger partial charge in [0.2, 0.25) is 0 Å². The zero-order chi connectivity index (χ0) is 22.4. The number of aryl methyl sites for hydroxylation is 2. The van der Waals surface area contributed by atoms with Crippen LogP contribution in [0.4, 0.5) is 0 Å². The molecule has 0 nitrogen and oxygen atoms in total. The second kappa shape index (κ2) is 17.9. The molecule has 4 aromatic carbocycles. The Balaban J connectivity index is 0.000000701. The van der Waals surface area contributed by atoms with Crippen LogP contribution < -0.4 is 0 Å². The molecule has 0 unspecified atom stereocenters. The van der Waals surface area contributed by atoms with Gasteiger partial charge in [-0.2, -0.15) is 77.4 Å². The molecular formula is C31H40Fe2. The molecule has 4 aromatic rings. The van der Waals surface area contributed by atoms with E-state index in [1.807, 2.05) is 60.7 Å². The van der Waals surface area contributed by atoms with E-state index in [4.69, 9.17) is 0 Å². The first-order valence-electron chi connectivity index (χ1n) is 11.9. The van der Waals surface area contributed by atoms with Gasteiger partial charge in [0.25, 0.3) is 0 Å². The predicted molar refractivity (Wildman–Crippen MR) is 137 cm³/mol. The van der Waals surface area contributed by atoms with Crippen LogP contribution in [0.2, 0.25) is 0 Å². The van der Waals surface area contributed by atoms with Crippen molar-refractivity contribution in [2.45, 2.75) is 71.6 Å². The van der Waals surface area contributed by atoms with Crippen molar-refractivity contribution in [2.24, 2.45) is 0 Å². The van der Waals surface area contributed by atoms with Gasteiger partial charge >= 0.3 is 34.1 Å². The van der Waals surface area contributed by atoms with E-state index in [9.17, 15) is 0 Å². The molecule has 0 atom stereocenters. The van der Waals surface area contributed by atoms with Crippen LogP contribution in [-0.2, 0) is 52.4 Å². The van der Waals surface area contributed by atoms with Crippen LogP contribution in [0.5, 0.6) is 0 Å². The molecule has 33 heavy (non-hydrogen) atoms. The molecule has 0 aromatic heterocycles. The van der Waals surface area contributed by atoms with Crippen LogP contribution in [0.15, 0.2) is 97.1 Å². The van der Waals surface area contributed by atoms with Gasteiger partial charge in [-0.05, 0) is 0 Å². The number of hydrogen-bond acceptors (Lipinski definition) is 0. The molecule has 0 saturated heterocycles. The summed E-state index contributed by atoms with van der Waals surface area (Å²) in [6.07, 6.45) is 7.56. The molecule has 0 aliphatic heterocycles. The van der Waals surface area contributed by atoms with Crippen molar-refractivity contribution in [2.75, 3.05) is 0 Å². The van der Waals surface area contributed by atoms with Crippen LogP contribution >= 0.6 is 0 Å². The maximum absolute atomic E-state index is 2.41. The van der Waals surface area contributed by atoms with Crippen LogP contribution in [0, 0.1) is 0 Å². The van der Waals surface area contributed by atoms with Crippen molar-refractivity contribution in [3.8, 4) is 0 Å². The van der Waals surface area contributed by atoms with E-state index >= 15 is 0 Å². The van der Waals surface area contributed by atoms with Gasteiger partial charge in [-0.25, -0.2) is 42.0 Å². The van der Waals surface area contributed by atoms with Gasteiger partial charge in [-0.3, -0.25) is 0 Å². The van der Waals surface area contributed by atoms with E-state index in [1.165, 1.54) is 60.8 Å². The molecule has 2 heteroatoms. The fourth-order valence-corrected chi connectivity index (χ4v) is 3.64. The molecule has 0 radical (unpaired) electrons. The fourth-order valence-electron chi connectivity index (χ4n) is 3.64. The number of rotatable bonds is 8. The third kappa shape index (κ3) is 11.4. The van der Waals surface area contributed by atoms with Gasteiger partial charge in [0, 0.05) is 0 Å². The molecule has 0 amide bonds. The summed E-state index contributed by atoms with van der Waals surface area (Å²) in [5.74, 6) is 0. The van der Waals surface area contributed by atoms with E-state index in [2.05, 4.69) is 64.1 Å². The predicted octanol–water partition coefficient (Wildman–Crippen LogP) is 8.94. The minimum Gasteiger partial charge on any atom is -0.214 e. The Kier molecular flexibility index (Phi) is 17.0. The average Bonchev–Trinajstić information content (AvgIpc) is 3.60. The largest absolute Gasteiger partial charge is 2.00 e. The van der Waals surface area contributed by atoms with Crippen molar-refractivity contribution < 1.29 is 34.1 Å². The summed E-state index contributed by atoms with van der Waals surface area (Å²) in [4.78, 5) is 0. The topological polar surface area (TPSA) is 0 Å². The second-order valence-corrected chi connectivity index (χ2v) is 8.77. The summed E-state index contributed by atoms with van der Waals surface area (Å²) in [6.45, 7) is 9.22. The third-order valence-electron chi connectivity index (χ3n) is 5.83. The Labute approximate surface area is 224 Å². The number of hydrogen-bond donors (Lipinski definition) is 0. The molecule has 0 spiro atoms. The smallest absolute Gasteiger partial charge is 0.214 e. The van der Waals surface area contributed by atoms with Crippen molar-refractivity contribution in [3.05, 3.63) is 119 Å². The van der Waals surface area contributed by atoms with Crippen LogP contribution in [0.1, 0.15) is 75.6 Å². The minimum absolute atomic E-state index is 0. The van der Waals surface area contributed by atoms with Crippen molar-refractivity contribution >= 4 is 0 Å². The Morgan fingerprint density at radius 1 is 0.818 bits per heavy atom. The summed E-state index contributed by atoms with van der Waals surface area (Å²) in [6, 6.07) is 34.1. The monoisotopic (exact) mass is 524 g/mol. The summed E-state index contributed by atoms with van der Waals surface area (Å²) in [5.41, 5.74) is 6.03. The van der Waals surface area contributed by atoms with E-state index in [0.29, 0.717) is 0 Å². The van der Waals surface area contributed by atoms with E-state index < -0.39 is 0 Å². The van der Waals surface area contributed by atoms with Crippen LogP contribution in [0.3, 0.4) is 0 Å². The molecule has 0 aliphatic carbocycles. The number of unbranched alkanes of at least 4 members (excludes halogenated alkanes) is 2. The molecular weight excluding hydrogens is 484 g/mol. The van der Waals surface area contributed by atoms with Gasteiger partial charge < -0.3 is 0 Å². The summed E-state index contributed by atoms with van der Waals surface area (Å²) in [5, 5.41) is 0. The van der Waals surface area contributed by atoms with Crippen LogP contribution in [0.25, 0.3) is 0 Å². The first-order valence-corrected chi connectivity index (χ1v) is 11.9. The van der Waals surface area contributed by atoms with Crippen molar-refractivity contribution in [1.29, 1.82) is 0 Å².